The first-order valence-corrected chi connectivity index (χ1v) is 10.6. The van der Waals surface area contributed by atoms with Gasteiger partial charge in [-0.15, -0.1) is 0 Å². The zero-order valence-electron chi connectivity index (χ0n) is 17.4. The van der Waals surface area contributed by atoms with Gasteiger partial charge in [-0.25, -0.2) is 4.98 Å². The Kier molecular flexibility index (Phi) is 4.90. The van der Waals surface area contributed by atoms with Gasteiger partial charge in [0.05, 0.1) is 6.04 Å². The summed E-state index contributed by atoms with van der Waals surface area (Å²) in [5.41, 5.74) is 1.60. The summed E-state index contributed by atoms with van der Waals surface area (Å²) in [5, 5.41) is 3.98. The Bertz CT molecular complexity index is 1030. The lowest BCUT2D eigenvalue weighted by Gasteiger charge is -2.29. The van der Waals surface area contributed by atoms with Crippen molar-refractivity contribution in [2.24, 2.45) is 18.9 Å². The van der Waals surface area contributed by atoms with Crippen LogP contribution in [0.5, 0.6) is 0 Å². The molecule has 2 fully saturated rings. The fourth-order valence-corrected chi connectivity index (χ4v) is 5.12. The molecule has 2 aliphatic heterocycles. The molecule has 3 atom stereocenters. The molecule has 0 unspecified atom stereocenters. The maximum Gasteiger partial charge on any atom is 0.276 e. The van der Waals surface area contributed by atoms with Crippen molar-refractivity contribution in [3.05, 3.63) is 71.6 Å². The summed E-state index contributed by atoms with van der Waals surface area (Å²) < 4.78 is 7.25. The predicted molar refractivity (Wildman–Crippen MR) is 112 cm³/mol. The summed E-state index contributed by atoms with van der Waals surface area (Å²) in [6.07, 6.45) is 4.79. The number of rotatable bonds is 5. The van der Waals surface area contributed by atoms with Crippen molar-refractivity contribution in [2.75, 3.05) is 26.2 Å². The van der Waals surface area contributed by atoms with E-state index in [1.807, 2.05) is 37.3 Å². The third-order valence-corrected chi connectivity index (χ3v) is 6.56. The van der Waals surface area contributed by atoms with Crippen molar-refractivity contribution >= 4 is 5.91 Å². The quantitative estimate of drug-likeness (QED) is 0.653. The van der Waals surface area contributed by atoms with E-state index in [9.17, 15) is 4.79 Å². The van der Waals surface area contributed by atoms with Crippen molar-refractivity contribution in [3.8, 4) is 0 Å². The van der Waals surface area contributed by atoms with Gasteiger partial charge >= 0.3 is 0 Å². The first-order chi connectivity index (χ1) is 14.6. The second-order valence-corrected chi connectivity index (χ2v) is 8.52. The lowest BCUT2D eigenvalue weighted by molar-refractivity contribution is 0.0690. The number of hydrogen-bond acceptors (Lipinski definition) is 5. The number of imidazole rings is 1. The minimum atomic E-state index is -0.0327. The largest absolute Gasteiger partial charge is 0.361 e. The van der Waals surface area contributed by atoms with E-state index in [2.05, 4.69) is 43.9 Å². The van der Waals surface area contributed by atoms with Crippen LogP contribution in [-0.2, 0) is 13.5 Å². The molecular weight excluding hydrogens is 378 g/mol. The number of aromatic nitrogens is 3. The van der Waals surface area contributed by atoms with Crippen LogP contribution in [0.4, 0.5) is 0 Å². The number of carbonyl (C=O) groups excluding carboxylic acids is 1. The zero-order valence-corrected chi connectivity index (χ0v) is 17.4. The third kappa shape index (κ3) is 3.43. The van der Waals surface area contributed by atoms with Gasteiger partial charge in [0, 0.05) is 64.0 Å². The summed E-state index contributed by atoms with van der Waals surface area (Å²) >= 11 is 0. The van der Waals surface area contributed by atoms with Crippen LogP contribution < -0.4 is 0 Å². The molecule has 2 aromatic heterocycles. The molecule has 30 heavy (non-hydrogen) atoms. The highest BCUT2D eigenvalue weighted by Crippen LogP contribution is 2.45. The number of nitrogens with zero attached hydrogens (tertiary/aromatic N) is 5. The summed E-state index contributed by atoms with van der Waals surface area (Å²) in [5.74, 6) is 2.63. The summed E-state index contributed by atoms with van der Waals surface area (Å²) in [7, 11) is 2.04. The smallest absolute Gasteiger partial charge is 0.276 e. The number of fused-ring (bicyclic) bond motifs is 1. The molecule has 0 bridgehead atoms. The van der Waals surface area contributed by atoms with Crippen LogP contribution in [0, 0.1) is 18.8 Å². The van der Waals surface area contributed by atoms with Crippen LogP contribution in [0.25, 0.3) is 0 Å². The van der Waals surface area contributed by atoms with E-state index in [4.69, 9.17) is 4.52 Å². The molecule has 7 nitrogen and oxygen atoms in total. The molecule has 0 spiro atoms. The molecule has 0 radical (unpaired) electrons. The summed E-state index contributed by atoms with van der Waals surface area (Å²) in [6.45, 7) is 5.58. The maximum atomic E-state index is 13.3. The fraction of sp³-hybridized carbons (Fsp3) is 0.435. The molecule has 4 heterocycles. The van der Waals surface area contributed by atoms with Crippen molar-refractivity contribution in [2.45, 2.75) is 19.4 Å². The lowest BCUT2D eigenvalue weighted by Crippen LogP contribution is -2.36. The second-order valence-electron chi connectivity index (χ2n) is 8.52. The molecule has 7 heteroatoms. The maximum absolute atomic E-state index is 13.3. The van der Waals surface area contributed by atoms with Crippen LogP contribution in [0.3, 0.4) is 0 Å². The average molecular weight is 406 g/mol. The number of likely N-dealkylation sites (tertiary alicyclic amines) is 2. The summed E-state index contributed by atoms with van der Waals surface area (Å²) in [6, 6.07) is 12.2. The van der Waals surface area contributed by atoms with Crippen LogP contribution in [-0.4, -0.2) is 56.6 Å². The first-order valence-electron chi connectivity index (χ1n) is 10.6. The van der Waals surface area contributed by atoms with Gasteiger partial charge in [0.15, 0.2) is 5.69 Å². The topological polar surface area (TPSA) is 67.4 Å². The monoisotopic (exact) mass is 405 g/mol. The molecule has 3 aromatic rings. The van der Waals surface area contributed by atoms with Gasteiger partial charge in [-0.1, -0.05) is 35.5 Å². The van der Waals surface area contributed by atoms with Crippen LogP contribution in [0.15, 0.2) is 53.3 Å². The van der Waals surface area contributed by atoms with E-state index in [1.54, 1.807) is 6.07 Å². The Labute approximate surface area is 176 Å². The third-order valence-electron chi connectivity index (χ3n) is 6.56. The lowest BCUT2D eigenvalue weighted by atomic mass is 9.89. The Hall–Kier alpha value is -2.93. The molecule has 0 N–H and O–H groups in total. The van der Waals surface area contributed by atoms with Crippen molar-refractivity contribution < 1.29 is 9.32 Å². The van der Waals surface area contributed by atoms with E-state index in [0.29, 0.717) is 23.3 Å². The molecule has 0 aliphatic carbocycles. The normalized spacial score (nSPS) is 23.8. The molecule has 2 aliphatic rings. The Balaban J connectivity index is 1.35. The molecule has 2 saturated heterocycles. The highest BCUT2D eigenvalue weighted by Gasteiger charge is 2.49. The predicted octanol–water partition coefficient (Wildman–Crippen LogP) is 2.70. The van der Waals surface area contributed by atoms with Gasteiger partial charge in [0.1, 0.15) is 11.6 Å². The molecule has 5 rings (SSSR count). The minimum Gasteiger partial charge on any atom is -0.361 e. The highest BCUT2D eigenvalue weighted by molar-refractivity contribution is 5.92. The van der Waals surface area contributed by atoms with Crippen molar-refractivity contribution in [1.82, 2.24) is 24.5 Å². The molecule has 1 amide bonds. The van der Waals surface area contributed by atoms with Gasteiger partial charge in [-0.05, 0) is 18.4 Å². The Morgan fingerprint density at radius 2 is 2.03 bits per heavy atom. The standard InChI is InChI=1S/C23H27N5O2/c1-16-12-20(25-30-16)23(29)28-14-18-13-27(10-8-21-24-9-11-26(21)2)15-19(18)22(28)17-6-4-3-5-7-17/h3-7,9,11-12,18-19,22H,8,10,13-15H2,1-2H3/t18-,19-,22-/m0/s1. The van der Waals surface area contributed by atoms with Crippen LogP contribution in [0.1, 0.15) is 33.7 Å². The van der Waals surface area contributed by atoms with Gasteiger partial charge < -0.3 is 18.9 Å². The Morgan fingerprint density at radius 1 is 1.20 bits per heavy atom. The average Bonchev–Trinajstić information content (AvgIpc) is 3.51. The van der Waals surface area contributed by atoms with Crippen molar-refractivity contribution in [1.29, 1.82) is 0 Å². The zero-order chi connectivity index (χ0) is 20.7. The SMILES string of the molecule is Cc1cc(C(=O)N2C[C@@H]3CN(CCc4nccn4C)C[C@@H]3[C@@H]2c2ccccc2)no1. The Morgan fingerprint density at radius 3 is 2.73 bits per heavy atom. The first kappa shape index (κ1) is 19.1. The van der Waals surface area contributed by atoms with E-state index in [0.717, 1.165) is 38.4 Å². The number of aryl methyl sites for hydroxylation is 2. The molecular formula is C23H27N5O2. The summed E-state index contributed by atoms with van der Waals surface area (Å²) in [4.78, 5) is 22.2. The fourth-order valence-electron chi connectivity index (χ4n) is 5.12. The van der Waals surface area contributed by atoms with Gasteiger partial charge in [-0.2, -0.15) is 0 Å². The van der Waals surface area contributed by atoms with Gasteiger partial charge in [0.25, 0.3) is 5.91 Å². The number of hydrogen-bond donors (Lipinski definition) is 0. The van der Waals surface area contributed by atoms with Gasteiger partial charge in [0.2, 0.25) is 0 Å². The number of carbonyl (C=O) groups is 1. The van der Waals surface area contributed by atoms with E-state index in [1.165, 1.54) is 5.56 Å². The highest BCUT2D eigenvalue weighted by atomic mass is 16.5. The van der Waals surface area contributed by atoms with E-state index < -0.39 is 0 Å². The van der Waals surface area contributed by atoms with E-state index >= 15 is 0 Å². The van der Waals surface area contributed by atoms with Crippen LogP contribution >= 0.6 is 0 Å². The minimum absolute atomic E-state index is 0.0327. The molecule has 0 saturated carbocycles. The molecule has 156 valence electrons. The van der Waals surface area contributed by atoms with Crippen molar-refractivity contribution in [3.63, 3.8) is 0 Å². The number of benzene rings is 1. The second kappa shape index (κ2) is 7.72. The van der Waals surface area contributed by atoms with Gasteiger partial charge in [-0.3, -0.25) is 4.79 Å². The van der Waals surface area contributed by atoms with E-state index in [-0.39, 0.29) is 11.9 Å². The molecule has 1 aromatic carbocycles. The van der Waals surface area contributed by atoms with Crippen LogP contribution in [0.2, 0.25) is 0 Å². The number of amides is 1.